The van der Waals surface area contributed by atoms with Gasteiger partial charge < -0.3 is 15.5 Å². The average Bonchev–Trinajstić information content (AvgIpc) is 2.91. The molecule has 2 N–H and O–H groups in total. The molecule has 2 aliphatic rings. The van der Waals surface area contributed by atoms with Gasteiger partial charge in [0, 0.05) is 31.4 Å². The highest BCUT2D eigenvalue weighted by Crippen LogP contribution is 2.23. The molecule has 1 amide bonds. The Morgan fingerprint density at radius 2 is 2.10 bits per heavy atom. The van der Waals surface area contributed by atoms with E-state index in [9.17, 15) is 4.79 Å². The summed E-state index contributed by atoms with van der Waals surface area (Å²) in [5, 5.41) is 1.74. The van der Waals surface area contributed by atoms with Crippen LogP contribution in [0.1, 0.15) is 27.2 Å². The van der Waals surface area contributed by atoms with E-state index < -0.39 is 0 Å². The summed E-state index contributed by atoms with van der Waals surface area (Å²) in [6, 6.07) is -0.357. The Bertz CT molecular complexity index is 379. The zero-order valence-corrected chi connectivity index (χ0v) is 13.5. The maximum Gasteiger partial charge on any atom is 0.239 e. The number of piperazine rings is 1. The predicted molar refractivity (Wildman–Crippen MR) is 84.9 cm³/mol. The second-order valence-corrected chi connectivity index (χ2v) is 7.18. The Morgan fingerprint density at radius 1 is 1.45 bits per heavy atom. The van der Waals surface area contributed by atoms with E-state index in [0.717, 1.165) is 44.3 Å². The third-order valence-corrected chi connectivity index (χ3v) is 5.34. The van der Waals surface area contributed by atoms with Gasteiger partial charge in [0.15, 0.2) is 5.17 Å². The molecule has 114 valence electrons. The number of hydrogen-bond acceptors (Lipinski definition) is 5. The molecule has 6 heteroatoms. The van der Waals surface area contributed by atoms with Crippen LogP contribution in [0.15, 0.2) is 4.99 Å². The Labute approximate surface area is 126 Å². The molecule has 0 aromatic heterocycles. The van der Waals surface area contributed by atoms with Gasteiger partial charge in [0.1, 0.15) is 0 Å². The number of rotatable bonds is 3. The van der Waals surface area contributed by atoms with E-state index in [1.807, 2.05) is 23.6 Å². The Hall–Kier alpha value is -0.750. The topological polar surface area (TPSA) is 61.9 Å². The normalized spacial score (nSPS) is 26.4. The first-order chi connectivity index (χ1) is 9.52. The van der Waals surface area contributed by atoms with Crippen LogP contribution in [0.3, 0.4) is 0 Å². The molecule has 20 heavy (non-hydrogen) atoms. The van der Waals surface area contributed by atoms with Crippen molar-refractivity contribution >= 4 is 22.8 Å². The molecule has 5 nitrogen and oxygen atoms in total. The highest BCUT2D eigenvalue weighted by molar-refractivity contribution is 8.14. The quantitative estimate of drug-likeness (QED) is 0.844. The Balaban J connectivity index is 1.83. The first-order valence-corrected chi connectivity index (χ1v) is 8.41. The summed E-state index contributed by atoms with van der Waals surface area (Å²) in [5.74, 6) is 0.351. The second kappa shape index (κ2) is 6.80. The number of carbonyl (C=O) groups is 1. The van der Waals surface area contributed by atoms with Crippen molar-refractivity contribution in [1.29, 1.82) is 0 Å². The molecular weight excluding hydrogens is 272 g/mol. The van der Waals surface area contributed by atoms with Crippen LogP contribution in [0.2, 0.25) is 0 Å². The van der Waals surface area contributed by atoms with Gasteiger partial charge in [-0.15, -0.1) is 0 Å². The van der Waals surface area contributed by atoms with Gasteiger partial charge in [-0.2, -0.15) is 0 Å². The van der Waals surface area contributed by atoms with Crippen molar-refractivity contribution in [3.05, 3.63) is 0 Å². The fraction of sp³-hybridized carbons (Fsp3) is 0.857. The third kappa shape index (κ3) is 3.47. The zero-order chi connectivity index (χ0) is 14.7. The van der Waals surface area contributed by atoms with Gasteiger partial charge >= 0.3 is 0 Å². The zero-order valence-electron chi connectivity index (χ0n) is 12.7. The van der Waals surface area contributed by atoms with Crippen LogP contribution in [0.25, 0.3) is 0 Å². The van der Waals surface area contributed by atoms with Gasteiger partial charge in [-0.25, -0.2) is 0 Å². The number of aliphatic imine (C=N–C) groups is 1. The minimum atomic E-state index is -0.357. The lowest BCUT2D eigenvalue weighted by Gasteiger charge is -2.37. The van der Waals surface area contributed by atoms with E-state index in [1.165, 1.54) is 0 Å². The van der Waals surface area contributed by atoms with E-state index in [4.69, 9.17) is 5.73 Å². The van der Waals surface area contributed by atoms with Crippen LogP contribution in [0.4, 0.5) is 0 Å². The molecule has 3 unspecified atom stereocenters. The van der Waals surface area contributed by atoms with Gasteiger partial charge in [-0.05, 0) is 5.92 Å². The Kier molecular flexibility index (Phi) is 5.32. The first kappa shape index (κ1) is 15.6. The minimum absolute atomic E-state index is 0.105. The van der Waals surface area contributed by atoms with E-state index >= 15 is 0 Å². The standard InChI is InChI=1S/C14H26N4OS/c1-4-10(2)12(15)13(19)17-5-7-18(8-6-17)14-16-9-11(3)20-14/h10-12H,4-9,15H2,1-3H3. The number of nitrogens with zero attached hydrogens (tertiary/aromatic N) is 3. The van der Waals surface area contributed by atoms with Crippen molar-refractivity contribution in [2.24, 2.45) is 16.6 Å². The highest BCUT2D eigenvalue weighted by Gasteiger charge is 2.30. The van der Waals surface area contributed by atoms with Crippen molar-refractivity contribution in [2.75, 3.05) is 32.7 Å². The largest absolute Gasteiger partial charge is 0.348 e. The maximum absolute atomic E-state index is 12.3. The molecule has 0 bridgehead atoms. The average molecular weight is 298 g/mol. The van der Waals surface area contributed by atoms with Crippen LogP contribution in [-0.4, -0.2) is 64.9 Å². The van der Waals surface area contributed by atoms with Crippen molar-refractivity contribution in [3.63, 3.8) is 0 Å². The van der Waals surface area contributed by atoms with Crippen LogP contribution in [-0.2, 0) is 4.79 Å². The van der Waals surface area contributed by atoms with Gasteiger partial charge in [-0.1, -0.05) is 39.0 Å². The number of amides is 1. The Morgan fingerprint density at radius 3 is 2.60 bits per heavy atom. The first-order valence-electron chi connectivity index (χ1n) is 7.53. The molecule has 0 aliphatic carbocycles. The molecule has 1 saturated heterocycles. The molecule has 2 aliphatic heterocycles. The van der Waals surface area contributed by atoms with Gasteiger partial charge in [0.2, 0.25) is 5.91 Å². The fourth-order valence-electron chi connectivity index (χ4n) is 2.46. The summed E-state index contributed by atoms with van der Waals surface area (Å²) in [6.45, 7) is 10.5. The lowest BCUT2D eigenvalue weighted by molar-refractivity contribution is -0.135. The smallest absolute Gasteiger partial charge is 0.239 e. The van der Waals surface area contributed by atoms with E-state index in [0.29, 0.717) is 5.25 Å². The fourth-order valence-corrected chi connectivity index (χ4v) is 3.45. The van der Waals surface area contributed by atoms with Crippen LogP contribution >= 0.6 is 11.8 Å². The number of hydrogen-bond donors (Lipinski definition) is 1. The summed E-state index contributed by atoms with van der Waals surface area (Å²) in [7, 11) is 0. The second-order valence-electron chi connectivity index (χ2n) is 5.78. The number of nitrogens with two attached hydrogens (primary N) is 1. The van der Waals surface area contributed by atoms with Crippen LogP contribution in [0.5, 0.6) is 0 Å². The molecule has 2 rings (SSSR count). The van der Waals surface area contributed by atoms with E-state index in [2.05, 4.69) is 23.7 Å². The highest BCUT2D eigenvalue weighted by atomic mass is 32.2. The molecule has 0 saturated carbocycles. The number of amidine groups is 1. The van der Waals surface area contributed by atoms with Crippen LogP contribution in [0, 0.1) is 5.92 Å². The predicted octanol–water partition coefficient (Wildman–Crippen LogP) is 0.995. The lowest BCUT2D eigenvalue weighted by atomic mass is 9.98. The van der Waals surface area contributed by atoms with Crippen molar-refractivity contribution < 1.29 is 4.79 Å². The van der Waals surface area contributed by atoms with E-state index in [-0.39, 0.29) is 17.9 Å². The molecule has 0 radical (unpaired) electrons. The summed E-state index contributed by atoms with van der Waals surface area (Å²) in [4.78, 5) is 21.1. The van der Waals surface area contributed by atoms with Gasteiger partial charge in [0.05, 0.1) is 12.6 Å². The molecule has 0 aromatic rings. The van der Waals surface area contributed by atoms with Crippen molar-refractivity contribution in [1.82, 2.24) is 9.80 Å². The molecule has 0 aromatic carbocycles. The molecular formula is C14H26N4OS. The third-order valence-electron chi connectivity index (χ3n) is 4.19. The number of carbonyl (C=O) groups excluding carboxylic acids is 1. The number of thioether (sulfide) groups is 1. The van der Waals surface area contributed by atoms with Crippen molar-refractivity contribution in [2.45, 2.75) is 38.5 Å². The lowest BCUT2D eigenvalue weighted by Crippen LogP contribution is -2.55. The molecule has 1 fully saturated rings. The van der Waals surface area contributed by atoms with Crippen LogP contribution < -0.4 is 5.73 Å². The SMILES string of the molecule is CCC(C)C(N)C(=O)N1CCN(C2=NCC(C)S2)CC1. The minimum Gasteiger partial charge on any atom is -0.348 e. The molecule has 0 spiro atoms. The summed E-state index contributed by atoms with van der Waals surface area (Å²) < 4.78 is 0. The maximum atomic E-state index is 12.3. The van der Waals surface area contributed by atoms with Gasteiger partial charge in [-0.3, -0.25) is 9.79 Å². The molecule has 2 heterocycles. The molecule has 3 atom stereocenters. The van der Waals surface area contributed by atoms with E-state index in [1.54, 1.807) is 0 Å². The summed E-state index contributed by atoms with van der Waals surface area (Å²) in [5.41, 5.74) is 6.04. The van der Waals surface area contributed by atoms with Crippen molar-refractivity contribution in [3.8, 4) is 0 Å². The summed E-state index contributed by atoms with van der Waals surface area (Å²) >= 11 is 1.84. The van der Waals surface area contributed by atoms with Gasteiger partial charge in [0.25, 0.3) is 0 Å². The monoisotopic (exact) mass is 298 g/mol. The summed E-state index contributed by atoms with van der Waals surface area (Å²) in [6.07, 6.45) is 0.943.